The Hall–Kier alpha value is -2.35. The SMILES string of the molecule is CCC(=O)OCC(=O)[C@@]1(OC(=O)CC)[C@@H](C)C[C@H]2[C@]3(C)CCC4=CC(=O)C=C[C@]4(C)[C@@]3(F)[C@@H](O)C[C@@]21C. The molecule has 204 valence electrons. The van der Waals surface area contributed by atoms with Crippen molar-refractivity contribution in [3.8, 4) is 0 Å². The van der Waals surface area contributed by atoms with Crippen molar-refractivity contribution >= 4 is 23.5 Å². The van der Waals surface area contributed by atoms with Crippen molar-refractivity contribution in [2.45, 2.75) is 97.4 Å². The second-order valence-electron chi connectivity index (χ2n) is 12.1. The Balaban J connectivity index is 1.86. The van der Waals surface area contributed by atoms with Crippen LogP contribution in [-0.4, -0.2) is 52.6 Å². The van der Waals surface area contributed by atoms with Crippen molar-refractivity contribution in [2.75, 3.05) is 6.61 Å². The fraction of sp³-hybridized carbons (Fsp3) is 0.724. The smallest absolute Gasteiger partial charge is 0.306 e. The molecule has 8 atom stereocenters. The van der Waals surface area contributed by atoms with E-state index in [0.717, 1.165) is 0 Å². The molecule has 0 aromatic carbocycles. The number of alkyl halides is 1. The number of rotatable bonds is 6. The summed E-state index contributed by atoms with van der Waals surface area (Å²) < 4.78 is 29.0. The largest absolute Gasteiger partial charge is 0.457 e. The van der Waals surface area contributed by atoms with Gasteiger partial charge >= 0.3 is 11.9 Å². The lowest BCUT2D eigenvalue weighted by Crippen LogP contribution is -2.74. The molecule has 4 aliphatic rings. The van der Waals surface area contributed by atoms with E-state index in [0.29, 0.717) is 24.8 Å². The van der Waals surface area contributed by atoms with Gasteiger partial charge in [0.15, 0.2) is 23.7 Å². The van der Waals surface area contributed by atoms with Gasteiger partial charge in [0.05, 0.1) is 6.10 Å². The van der Waals surface area contributed by atoms with Crippen LogP contribution < -0.4 is 0 Å². The molecule has 37 heavy (non-hydrogen) atoms. The number of hydrogen-bond donors (Lipinski definition) is 1. The number of carbonyl (C=O) groups excluding carboxylic acids is 4. The van der Waals surface area contributed by atoms with E-state index in [2.05, 4.69) is 0 Å². The van der Waals surface area contributed by atoms with Crippen molar-refractivity contribution in [3.05, 3.63) is 23.8 Å². The third-order valence-electron chi connectivity index (χ3n) is 10.4. The van der Waals surface area contributed by atoms with E-state index in [-0.39, 0.29) is 25.0 Å². The number of Topliss-reactive ketones (excluding diaryl/α,β-unsaturated/α-hetero) is 1. The van der Waals surface area contributed by atoms with Crippen LogP contribution in [0.4, 0.5) is 4.39 Å². The minimum Gasteiger partial charge on any atom is -0.457 e. The summed E-state index contributed by atoms with van der Waals surface area (Å²) in [5.74, 6) is -2.78. The van der Waals surface area contributed by atoms with E-state index in [4.69, 9.17) is 9.47 Å². The maximum Gasteiger partial charge on any atom is 0.306 e. The van der Waals surface area contributed by atoms with Gasteiger partial charge < -0.3 is 14.6 Å². The van der Waals surface area contributed by atoms with Crippen LogP contribution in [0.1, 0.15) is 80.1 Å². The van der Waals surface area contributed by atoms with Crippen LogP contribution >= 0.6 is 0 Å². The Morgan fingerprint density at radius 2 is 1.76 bits per heavy atom. The summed E-state index contributed by atoms with van der Waals surface area (Å²) >= 11 is 0. The molecule has 0 aliphatic heterocycles. The number of hydrogen-bond acceptors (Lipinski definition) is 7. The van der Waals surface area contributed by atoms with Gasteiger partial charge in [0.25, 0.3) is 0 Å². The standard InChI is InChI=1S/C29H39FO7/c1-7-23(34)36-16-22(33)28(37-24(35)8-2)17(3)13-20-26(5)11-9-18-14-19(31)10-12-25(18,4)29(26,30)21(32)15-27(20,28)6/h10,12,14,17,20-21,32H,7-9,11,13,15-16H2,1-6H3/t17-,20-,21-,25-,26-,27-,28-,29-/m0/s1. The van der Waals surface area contributed by atoms with Crippen LogP contribution in [-0.2, 0) is 28.7 Å². The monoisotopic (exact) mass is 518 g/mol. The molecule has 0 bridgehead atoms. The predicted molar refractivity (Wildman–Crippen MR) is 133 cm³/mol. The molecule has 1 N–H and O–H groups in total. The van der Waals surface area contributed by atoms with E-state index < -0.39 is 69.8 Å². The van der Waals surface area contributed by atoms with Gasteiger partial charge in [0, 0.05) is 35.0 Å². The molecule has 7 nitrogen and oxygen atoms in total. The molecule has 4 rings (SSSR count). The first-order chi connectivity index (χ1) is 17.2. The molecule has 0 spiro atoms. The first-order valence-electron chi connectivity index (χ1n) is 13.4. The summed E-state index contributed by atoms with van der Waals surface area (Å²) in [6.07, 6.45) is 4.19. The Morgan fingerprint density at radius 1 is 1.11 bits per heavy atom. The van der Waals surface area contributed by atoms with Crippen molar-refractivity contribution < 1.29 is 38.1 Å². The first kappa shape index (κ1) is 27.7. The highest BCUT2D eigenvalue weighted by molar-refractivity contribution is 6.01. The molecule has 3 fully saturated rings. The van der Waals surface area contributed by atoms with E-state index in [1.54, 1.807) is 26.8 Å². The first-order valence-corrected chi connectivity index (χ1v) is 13.4. The van der Waals surface area contributed by atoms with Crippen molar-refractivity contribution in [1.29, 1.82) is 0 Å². The molecule has 0 heterocycles. The Morgan fingerprint density at radius 3 is 2.38 bits per heavy atom. The molecule has 0 unspecified atom stereocenters. The topological polar surface area (TPSA) is 107 Å². The Kier molecular flexibility index (Phi) is 6.62. The predicted octanol–water partition coefficient (Wildman–Crippen LogP) is 4.21. The van der Waals surface area contributed by atoms with Gasteiger partial charge in [-0.3, -0.25) is 19.2 Å². The average Bonchev–Trinajstić information content (AvgIpc) is 3.08. The fourth-order valence-electron chi connectivity index (χ4n) is 8.61. The lowest BCUT2D eigenvalue weighted by Gasteiger charge is -2.67. The second kappa shape index (κ2) is 8.85. The fourth-order valence-corrected chi connectivity index (χ4v) is 8.61. The number of ether oxygens (including phenoxy) is 2. The molecule has 0 amide bonds. The zero-order valence-corrected chi connectivity index (χ0v) is 22.7. The van der Waals surface area contributed by atoms with Gasteiger partial charge in [0.1, 0.15) is 0 Å². The number of aliphatic hydroxyl groups excluding tert-OH is 1. The van der Waals surface area contributed by atoms with E-state index >= 15 is 4.39 Å². The summed E-state index contributed by atoms with van der Waals surface area (Å²) in [6, 6.07) is 0. The van der Waals surface area contributed by atoms with E-state index in [9.17, 15) is 24.3 Å². The van der Waals surface area contributed by atoms with Crippen LogP contribution in [0.3, 0.4) is 0 Å². The summed E-state index contributed by atoms with van der Waals surface area (Å²) in [5, 5.41) is 11.7. The van der Waals surface area contributed by atoms with Crippen LogP contribution in [0.5, 0.6) is 0 Å². The molecule has 0 radical (unpaired) electrons. The van der Waals surface area contributed by atoms with Crippen LogP contribution in [0.2, 0.25) is 0 Å². The van der Waals surface area contributed by atoms with Gasteiger partial charge in [0.2, 0.25) is 5.78 Å². The zero-order chi connectivity index (χ0) is 27.6. The lowest BCUT2D eigenvalue weighted by molar-refractivity contribution is -0.259. The summed E-state index contributed by atoms with van der Waals surface area (Å²) in [6.45, 7) is 9.89. The zero-order valence-electron chi connectivity index (χ0n) is 22.7. The number of carbonyl (C=O) groups is 4. The summed E-state index contributed by atoms with van der Waals surface area (Å²) in [5.41, 5.74) is -6.52. The minimum absolute atomic E-state index is 0.0369. The van der Waals surface area contributed by atoms with Gasteiger partial charge in [-0.25, -0.2) is 4.39 Å². The second-order valence-corrected chi connectivity index (χ2v) is 12.1. The average molecular weight is 519 g/mol. The third kappa shape index (κ3) is 3.39. The Bertz CT molecular complexity index is 1100. The number of ketones is 2. The number of halogens is 1. The number of aliphatic hydroxyl groups is 1. The maximum atomic E-state index is 17.7. The van der Waals surface area contributed by atoms with E-state index in [1.165, 1.54) is 12.2 Å². The van der Waals surface area contributed by atoms with E-state index in [1.807, 2.05) is 20.8 Å². The molecule has 0 saturated heterocycles. The number of esters is 2. The quantitative estimate of drug-likeness (QED) is 0.525. The number of allylic oxidation sites excluding steroid dienone is 4. The Labute approximate surface area is 217 Å². The molecular formula is C29H39FO7. The van der Waals surface area contributed by atoms with Crippen molar-refractivity contribution in [2.24, 2.45) is 28.1 Å². The maximum absolute atomic E-state index is 17.7. The molecular weight excluding hydrogens is 479 g/mol. The molecule has 8 heteroatoms. The van der Waals surface area contributed by atoms with Crippen molar-refractivity contribution in [3.63, 3.8) is 0 Å². The van der Waals surface area contributed by atoms with Gasteiger partial charge in [-0.2, -0.15) is 0 Å². The van der Waals surface area contributed by atoms with Crippen LogP contribution in [0, 0.1) is 28.1 Å². The molecule has 0 aromatic heterocycles. The highest BCUT2D eigenvalue weighted by atomic mass is 19.1. The third-order valence-corrected chi connectivity index (χ3v) is 10.4. The van der Waals surface area contributed by atoms with Gasteiger partial charge in [-0.15, -0.1) is 0 Å². The van der Waals surface area contributed by atoms with Crippen LogP contribution in [0.25, 0.3) is 0 Å². The highest BCUT2D eigenvalue weighted by Crippen LogP contribution is 2.75. The molecule has 0 aromatic rings. The van der Waals surface area contributed by atoms with Crippen LogP contribution in [0.15, 0.2) is 23.8 Å². The summed E-state index contributed by atoms with van der Waals surface area (Å²) in [7, 11) is 0. The lowest BCUT2D eigenvalue weighted by atomic mass is 9.39. The van der Waals surface area contributed by atoms with Gasteiger partial charge in [-0.05, 0) is 50.7 Å². The van der Waals surface area contributed by atoms with Gasteiger partial charge in [-0.1, -0.05) is 46.3 Å². The number of fused-ring (bicyclic) bond motifs is 5. The summed E-state index contributed by atoms with van der Waals surface area (Å²) in [4.78, 5) is 50.6. The highest BCUT2D eigenvalue weighted by Gasteiger charge is 2.80. The molecule has 4 aliphatic carbocycles. The minimum atomic E-state index is -2.12. The van der Waals surface area contributed by atoms with Crippen molar-refractivity contribution in [1.82, 2.24) is 0 Å². The molecule has 3 saturated carbocycles. The normalized spacial score (nSPS) is 44.3.